The fourth-order valence-corrected chi connectivity index (χ4v) is 4.02. The zero-order chi connectivity index (χ0) is 16.4. The second-order valence-electron chi connectivity index (χ2n) is 5.23. The van der Waals surface area contributed by atoms with E-state index in [1.54, 1.807) is 11.8 Å². The molecule has 4 nitrogen and oxygen atoms in total. The largest absolute Gasteiger partial charge is 0.273 e. The molecule has 0 atom stereocenters. The van der Waals surface area contributed by atoms with Crippen LogP contribution in [0.3, 0.4) is 0 Å². The van der Waals surface area contributed by atoms with Crippen molar-refractivity contribution in [3.63, 3.8) is 0 Å². The first-order valence-corrected chi connectivity index (χ1v) is 9.20. The van der Waals surface area contributed by atoms with Gasteiger partial charge in [0.1, 0.15) is 0 Å². The summed E-state index contributed by atoms with van der Waals surface area (Å²) in [7, 11) is 0. The molecule has 0 aliphatic heterocycles. The van der Waals surface area contributed by atoms with Crippen molar-refractivity contribution in [1.29, 1.82) is 0 Å². The Morgan fingerprint density at radius 3 is 2.78 bits per heavy atom. The molecule has 3 aromatic rings. The third-order valence-corrected chi connectivity index (χ3v) is 5.18. The molecule has 2 aromatic carbocycles. The number of nitrogens with one attached hydrogen (secondary N) is 2. The summed E-state index contributed by atoms with van der Waals surface area (Å²) in [5, 5.41) is 0.684. The Morgan fingerprint density at radius 2 is 2.00 bits per heavy atom. The maximum Gasteiger partial charge on any atom is 0.270 e. The third-order valence-electron chi connectivity index (χ3n) is 3.46. The van der Waals surface area contributed by atoms with Crippen LogP contribution in [0.2, 0.25) is 0 Å². The summed E-state index contributed by atoms with van der Waals surface area (Å²) in [5.41, 5.74) is 9.64. The highest BCUT2D eigenvalue weighted by Gasteiger charge is 2.11. The zero-order valence-corrected chi connectivity index (χ0v) is 14.8. The van der Waals surface area contributed by atoms with Gasteiger partial charge in [-0.2, -0.15) is 0 Å². The predicted molar refractivity (Wildman–Crippen MR) is 98.4 cm³/mol. The molecule has 0 radical (unpaired) electrons. The van der Waals surface area contributed by atoms with Crippen molar-refractivity contribution in [2.75, 3.05) is 11.7 Å². The minimum atomic E-state index is -0.165. The number of rotatable bonds is 4. The lowest BCUT2D eigenvalue weighted by Gasteiger charge is -2.08. The lowest BCUT2D eigenvalue weighted by atomic mass is 10.1. The van der Waals surface area contributed by atoms with Crippen LogP contribution in [0.1, 0.15) is 21.5 Å². The van der Waals surface area contributed by atoms with Crippen molar-refractivity contribution in [3.05, 3.63) is 53.1 Å². The maximum atomic E-state index is 12.3. The van der Waals surface area contributed by atoms with E-state index in [9.17, 15) is 4.79 Å². The number of aryl methyl sites for hydroxylation is 2. The number of thioether (sulfide) groups is 1. The zero-order valence-electron chi connectivity index (χ0n) is 13.1. The first-order chi connectivity index (χ1) is 11.1. The molecule has 3 rings (SSSR count). The summed E-state index contributed by atoms with van der Waals surface area (Å²) >= 11 is 3.08. The summed E-state index contributed by atoms with van der Waals surface area (Å²) in [4.78, 5) is 17.8. The number of fused-ring (bicyclic) bond motifs is 1. The topological polar surface area (TPSA) is 54.0 Å². The molecule has 0 aliphatic rings. The predicted octanol–water partition coefficient (Wildman–Crippen LogP) is 4.39. The van der Waals surface area contributed by atoms with Crippen LogP contribution in [-0.4, -0.2) is 17.1 Å². The van der Waals surface area contributed by atoms with Crippen LogP contribution >= 0.6 is 23.1 Å². The van der Waals surface area contributed by atoms with Crippen molar-refractivity contribution >= 4 is 44.4 Å². The SMILES string of the molecule is CSc1ccccc1C(=O)NNc1nc2c(C)cc(C)cc2s1. The number of anilines is 1. The number of hydrogen-bond acceptors (Lipinski definition) is 5. The van der Waals surface area contributed by atoms with Gasteiger partial charge in [0.25, 0.3) is 5.91 Å². The Morgan fingerprint density at radius 1 is 1.22 bits per heavy atom. The highest BCUT2D eigenvalue weighted by Crippen LogP contribution is 2.29. The van der Waals surface area contributed by atoms with Crippen molar-refractivity contribution < 1.29 is 4.79 Å². The van der Waals surface area contributed by atoms with Crippen LogP contribution in [-0.2, 0) is 0 Å². The molecular formula is C17H17N3OS2. The number of aromatic nitrogens is 1. The van der Waals surface area contributed by atoms with Gasteiger partial charge in [-0.05, 0) is 49.4 Å². The summed E-state index contributed by atoms with van der Waals surface area (Å²) in [6.07, 6.45) is 1.96. The molecule has 0 fully saturated rings. The van der Waals surface area contributed by atoms with E-state index in [0.717, 1.165) is 20.7 Å². The molecule has 0 bridgehead atoms. The van der Waals surface area contributed by atoms with Crippen LogP contribution in [0.15, 0.2) is 41.3 Å². The van der Waals surface area contributed by atoms with E-state index in [0.29, 0.717) is 10.7 Å². The molecule has 1 amide bonds. The first-order valence-electron chi connectivity index (χ1n) is 7.15. The van der Waals surface area contributed by atoms with Gasteiger partial charge in [0.05, 0.1) is 15.8 Å². The Balaban J connectivity index is 1.78. The summed E-state index contributed by atoms with van der Waals surface area (Å²) < 4.78 is 1.11. The van der Waals surface area contributed by atoms with Gasteiger partial charge in [-0.3, -0.25) is 15.6 Å². The number of thiazole rings is 1. The molecule has 0 saturated heterocycles. The second kappa shape index (κ2) is 6.60. The van der Waals surface area contributed by atoms with E-state index in [-0.39, 0.29) is 5.91 Å². The van der Waals surface area contributed by atoms with E-state index in [1.807, 2.05) is 37.4 Å². The monoisotopic (exact) mass is 343 g/mol. The minimum absolute atomic E-state index is 0.165. The molecule has 1 heterocycles. The number of carbonyl (C=O) groups excluding carboxylic acids is 1. The number of nitrogens with zero attached hydrogens (tertiary/aromatic N) is 1. The van der Waals surface area contributed by atoms with Crippen molar-refractivity contribution in [1.82, 2.24) is 10.4 Å². The Labute approximate surface area is 143 Å². The molecule has 1 aromatic heterocycles. The summed E-state index contributed by atoms with van der Waals surface area (Å²) in [6, 6.07) is 11.8. The van der Waals surface area contributed by atoms with Crippen molar-refractivity contribution in [3.8, 4) is 0 Å². The molecule has 0 aliphatic carbocycles. The van der Waals surface area contributed by atoms with Crippen molar-refractivity contribution in [2.45, 2.75) is 18.7 Å². The number of benzene rings is 2. The van der Waals surface area contributed by atoms with Gasteiger partial charge in [-0.1, -0.05) is 29.5 Å². The molecular weight excluding hydrogens is 326 g/mol. The fraction of sp³-hybridized carbons (Fsp3) is 0.176. The Bertz CT molecular complexity index is 873. The maximum absolute atomic E-state index is 12.3. The van der Waals surface area contributed by atoms with Crippen LogP contribution in [0.4, 0.5) is 5.13 Å². The number of hydrazine groups is 1. The van der Waals surface area contributed by atoms with E-state index < -0.39 is 0 Å². The van der Waals surface area contributed by atoms with E-state index in [1.165, 1.54) is 16.9 Å². The molecule has 2 N–H and O–H groups in total. The fourth-order valence-electron chi connectivity index (χ4n) is 2.43. The standard InChI is InChI=1S/C17H17N3OS2/c1-10-8-11(2)15-14(9-10)23-17(18-15)20-19-16(21)12-6-4-5-7-13(12)22-3/h4-9H,1-3H3,(H,18,20)(H,19,21). The highest BCUT2D eigenvalue weighted by atomic mass is 32.2. The van der Waals surface area contributed by atoms with Crippen LogP contribution in [0.25, 0.3) is 10.2 Å². The number of hydrogen-bond donors (Lipinski definition) is 2. The second-order valence-corrected chi connectivity index (χ2v) is 7.11. The highest BCUT2D eigenvalue weighted by molar-refractivity contribution is 7.98. The van der Waals surface area contributed by atoms with E-state index in [2.05, 4.69) is 34.9 Å². The van der Waals surface area contributed by atoms with Crippen LogP contribution in [0, 0.1) is 13.8 Å². The van der Waals surface area contributed by atoms with Gasteiger partial charge in [0, 0.05) is 4.90 Å². The lowest BCUT2D eigenvalue weighted by molar-refractivity contribution is 0.0960. The van der Waals surface area contributed by atoms with Gasteiger partial charge < -0.3 is 0 Å². The molecule has 0 spiro atoms. The summed E-state index contributed by atoms with van der Waals surface area (Å²) in [6.45, 7) is 4.12. The smallest absolute Gasteiger partial charge is 0.270 e. The Hall–Kier alpha value is -2.05. The lowest BCUT2D eigenvalue weighted by Crippen LogP contribution is -2.29. The molecule has 118 valence electrons. The Kier molecular flexibility index (Phi) is 4.54. The first kappa shape index (κ1) is 15.8. The van der Waals surface area contributed by atoms with E-state index in [4.69, 9.17) is 0 Å². The van der Waals surface area contributed by atoms with Gasteiger partial charge in [0.2, 0.25) is 5.13 Å². The van der Waals surface area contributed by atoms with E-state index >= 15 is 0 Å². The number of carbonyl (C=O) groups is 1. The minimum Gasteiger partial charge on any atom is -0.273 e. The molecule has 23 heavy (non-hydrogen) atoms. The quantitative estimate of drug-likeness (QED) is 0.545. The van der Waals surface area contributed by atoms with Crippen LogP contribution < -0.4 is 10.9 Å². The number of amides is 1. The molecule has 6 heteroatoms. The van der Waals surface area contributed by atoms with Gasteiger partial charge >= 0.3 is 0 Å². The van der Waals surface area contributed by atoms with Crippen LogP contribution in [0.5, 0.6) is 0 Å². The third kappa shape index (κ3) is 3.33. The van der Waals surface area contributed by atoms with Crippen molar-refractivity contribution in [2.24, 2.45) is 0 Å². The normalized spacial score (nSPS) is 10.7. The van der Waals surface area contributed by atoms with Gasteiger partial charge in [-0.25, -0.2) is 4.98 Å². The van der Waals surface area contributed by atoms with Gasteiger partial charge in [-0.15, -0.1) is 11.8 Å². The molecule has 0 saturated carbocycles. The molecule has 0 unspecified atom stereocenters. The average molecular weight is 343 g/mol. The van der Waals surface area contributed by atoms with Gasteiger partial charge in [0.15, 0.2) is 0 Å². The summed E-state index contributed by atoms with van der Waals surface area (Å²) in [5.74, 6) is -0.165. The average Bonchev–Trinajstić information content (AvgIpc) is 2.95.